The maximum absolute atomic E-state index is 11.8. The number of carbonyl (C=O) groups is 2. The smallest absolute Gasteiger partial charge is 0.305 e. The fraction of sp³-hybridized carbons (Fsp3) is 0.923. The highest BCUT2D eigenvalue weighted by Gasteiger charge is 2.31. The molecule has 0 aromatic heterocycles. The molecule has 0 unspecified atom stereocenters. The van der Waals surface area contributed by atoms with Gasteiger partial charge in [-0.1, -0.05) is 90.9 Å². The van der Waals surface area contributed by atoms with Gasteiger partial charge >= 0.3 is 11.9 Å². The predicted octanol–water partition coefficient (Wildman–Crippen LogP) is 3.80. The molecule has 0 radical (unpaired) electrons. The van der Waals surface area contributed by atoms with E-state index in [0.717, 1.165) is 38.5 Å². The average Bonchev–Trinajstić information content (AvgIpc) is 2.83. The summed E-state index contributed by atoms with van der Waals surface area (Å²) in [6, 6.07) is 0. The minimum atomic E-state index is -1.75. The lowest BCUT2D eigenvalue weighted by molar-refractivity contribution is -0.162. The number of esters is 2. The molecule has 202 valence electrons. The van der Waals surface area contributed by atoms with Crippen molar-refractivity contribution in [3.63, 3.8) is 0 Å². The topological polar surface area (TPSA) is 134 Å². The fourth-order valence-electron chi connectivity index (χ4n) is 3.61. The second-order valence-electron chi connectivity index (χ2n) is 9.22. The normalized spacial score (nSPS) is 14.9. The minimum Gasteiger partial charge on any atom is -0.463 e. The highest BCUT2D eigenvalue weighted by atomic mass is 16.5. The number of carbonyl (C=O) groups excluding carboxylic acids is 2. The van der Waals surface area contributed by atoms with Crippen molar-refractivity contribution >= 4 is 11.9 Å². The Morgan fingerprint density at radius 2 is 0.824 bits per heavy atom. The van der Waals surface area contributed by atoms with Crippen LogP contribution in [-0.4, -0.2) is 70.0 Å². The summed E-state index contributed by atoms with van der Waals surface area (Å²) >= 11 is 0. The number of rotatable bonds is 23. The molecule has 0 aromatic carbocycles. The van der Waals surface area contributed by atoms with Crippen LogP contribution in [0.15, 0.2) is 0 Å². The Balaban J connectivity index is 3.94. The molecule has 4 atom stereocenters. The number of aliphatic hydroxyl groups is 4. The van der Waals surface area contributed by atoms with Crippen LogP contribution in [0.3, 0.4) is 0 Å². The van der Waals surface area contributed by atoms with Crippen LogP contribution in [0, 0.1) is 0 Å². The van der Waals surface area contributed by atoms with E-state index in [1.807, 2.05) is 0 Å². The molecule has 0 aliphatic heterocycles. The van der Waals surface area contributed by atoms with Gasteiger partial charge in [0.25, 0.3) is 0 Å². The van der Waals surface area contributed by atoms with Gasteiger partial charge in [0.2, 0.25) is 0 Å². The van der Waals surface area contributed by atoms with Crippen molar-refractivity contribution < 1.29 is 39.5 Å². The molecule has 0 saturated heterocycles. The van der Waals surface area contributed by atoms with Crippen molar-refractivity contribution in [3.05, 3.63) is 0 Å². The van der Waals surface area contributed by atoms with Crippen LogP contribution in [0.4, 0.5) is 0 Å². The lowest BCUT2D eigenvalue weighted by Gasteiger charge is -2.26. The monoisotopic (exact) mass is 490 g/mol. The predicted molar refractivity (Wildman–Crippen MR) is 131 cm³/mol. The Hall–Kier alpha value is -1.22. The van der Waals surface area contributed by atoms with Crippen molar-refractivity contribution in [2.75, 3.05) is 13.2 Å². The van der Waals surface area contributed by atoms with Crippen LogP contribution in [0.5, 0.6) is 0 Å². The van der Waals surface area contributed by atoms with Gasteiger partial charge < -0.3 is 29.9 Å². The van der Waals surface area contributed by atoms with Crippen molar-refractivity contribution in [1.29, 1.82) is 0 Å². The second-order valence-corrected chi connectivity index (χ2v) is 9.22. The molecule has 0 amide bonds. The minimum absolute atomic E-state index is 0.233. The van der Waals surface area contributed by atoms with Crippen LogP contribution in [0.25, 0.3) is 0 Å². The lowest BCUT2D eigenvalue weighted by atomic mass is 10.0. The van der Waals surface area contributed by atoms with E-state index >= 15 is 0 Å². The zero-order chi connectivity index (χ0) is 25.6. The summed E-state index contributed by atoms with van der Waals surface area (Å²) in [5.41, 5.74) is 0. The van der Waals surface area contributed by atoms with Crippen LogP contribution in [0.1, 0.15) is 117 Å². The summed E-state index contributed by atoms with van der Waals surface area (Å²) < 4.78 is 9.91. The molecule has 0 aromatic rings. The first kappa shape index (κ1) is 32.8. The van der Waals surface area contributed by atoms with Gasteiger partial charge in [0, 0.05) is 12.8 Å². The summed E-state index contributed by atoms with van der Waals surface area (Å²) in [6.45, 7) is 3.35. The first-order valence-corrected chi connectivity index (χ1v) is 13.4. The third-order valence-electron chi connectivity index (χ3n) is 5.94. The number of aliphatic hydroxyl groups excluding tert-OH is 4. The number of hydrogen-bond donors (Lipinski definition) is 4. The molecule has 8 nitrogen and oxygen atoms in total. The molecule has 0 fully saturated rings. The molecule has 0 bridgehead atoms. The van der Waals surface area contributed by atoms with Crippen LogP contribution in [-0.2, 0) is 19.1 Å². The van der Waals surface area contributed by atoms with Gasteiger partial charge in [-0.05, 0) is 12.8 Å². The van der Waals surface area contributed by atoms with Crippen molar-refractivity contribution in [2.24, 2.45) is 0 Å². The SMILES string of the molecule is CCCCCCCCCC(=O)OC[C@@H](O)[C@@H](O)[C@H](O)[C@H](O)COC(=O)CCCCCCCCC. The molecule has 0 heterocycles. The fourth-order valence-corrected chi connectivity index (χ4v) is 3.61. The standard InChI is InChI=1S/C26H50O8/c1-3-5-7-9-11-13-15-17-23(29)33-19-21(27)25(31)26(32)22(28)20-34-24(30)18-16-14-12-10-8-6-4-2/h21-22,25-28,31-32H,3-20H2,1-2H3/t21-,22-,25-,26-/m1/s1. The third kappa shape index (κ3) is 18.2. The molecule has 0 spiro atoms. The Morgan fingerprint density at radius 3 is 1.15 bits per heavy atom. The molecule has 0 saturated carbocycles. The summed E-state index contributed by atoms with van der Waals surface area (Å²) in [5, 5.41) is 40.0. The van der Waals surface area contributed by atoms with Gasteiger partial charge in [0.05, 0.1) is 0 Å². The average molecular weight is 491 g/mol. The highest BCUT2D eigenvalue weighted by Crippen LogP contribution is 2.12. The Kier molecular flexibility index (Phi) is 21.5. The summed E-state index contributed by atoms with van der Waals surface area (Å²) in [4.78, 5) is 23.6. The third-order valence-corrected chi connectivity index (χ3v) is 5.94. The summed E-state index contributed by atoms with van der Waals surface area (Å²) in [7, 11) is 0. The Labute approximate surface area is 206 Å². The molecule has 0 aliphatic rings. The van der Waals surface area contributed by atoms with Crippen LogP contribution >= 0.6 is 0 Å². The molecule has 4 N–H and O–H groups in total. The molecular weight excluding hydrogens is 440 g/mol. The van der Waals surface area contributed by atoms with Crippen molar-refractivity contribution in [1.82, 2.24) is 0 Å². The van der Waals surface area contributed by atoms with Crippen LogP contribution in [0.2, 0.25) is 0 Å². The first-order chi connectivity index (χ1) is 16.3. The lowest BCUT2D eigenvalue weighted by Crippen LogP contribution is -2.48. The van der Waals surface area contributed by atoms with E-state index in [9.17, 15) is 30.0 Å². The van der Waals surface area contributed by atoms with E-state index in [4.69, 9.17) is 9.47 Å². The Bertz CT molecular complexity index is 455. The number of ether oxygens (including phenoxy) is 2. The Morgan fingerprint density at radius 1 is 0.529 bits per heavy atom. The number of hydrogen-bond acceptors (Lipinski definition) is 8. The highest BCUT2D eigenvalue weighted by molar-refractivity contribution is 5.69. The summed E-state index contributed by atoms with van der Waals surface area (Å²) in [5.74, 6) is -0.955. The number of unbranched alkanes of at least 4 members (excludes halogenated alkanes) is 12. The van der Waals surface area contributed by atoms with Crippen molar-refractivity contribution in [2.45, 2.75) is 141 Å². The molecule has 8 heteroatoms. The molecule has 0 rings (SSSR count). The zero-order valence-electron chi connectivity index (χ0n) is 21.5. The van der Waals surface area contributed by atoms with Gasteiger partial charge in [-0.2, -0.15) is 0 Å². The van der Waals surface area contributed by atoms with Gasteiger partial charge in [0.1, 0.15) is 37.6 Å². The first-order valence-electron chi connectivity index (χ1n) is 13.4. The largest absolute Gasteiger partial charge is 0.463 e. The maximum Gasteiger partial charge on any atom is 0.305 e. The molecular formula is C26H50O8. The second kappa shape index (κ2) is 22.3. The van der Waals surface area contributed by atoms with E-state index in [1.165, 1.54) is 38.5 Å². The van der Waals surface area contributed by atoms with Crippen molar-refractivity contribution in [3.8, 4) is 0 Å². The van der Waals surface area contributed by atoms with Gasteiger partial charge in [-0.15, -0.1) is 0 Å². The van der Waals surface area contributed by atoms with E-state index in [1.54, 1.807) is 0 Å². The van der Waals surface area contributed by atoms with Gasteiger partial charge in [-0.3, -0.25) is 9.59 Å². The van der Waals surface area contributed by atoms with Gasteiger partial charge in [0.15, 0.2) is 0 Å². The zero-order valence-corrected chi connectivity index (χ0v) is 21.5. The van der Waals surface area contributed by atoms with Gasteiger partial charge in [-0.25, -0.2) is 0 Å². The van der Waals surface area contributed by atoms with E-state index in [2.05, 4.69) is 13.8 Å². The molecule has 0 aliphatic carbocycles. The molecule has 34 heavy (non-hydrogen) atoms. The maximum atomic E-state index is 11.8. The quantitative estimate of drug-likeness (QED) is 0.126. The van der Waals surface area contributed by atoms with E-state index in [-0.39, 0.29) is 12.8 Å². The summed E-state index contributed by atoms with van der Waals surface area (Å²) in [6.07, 6.45) is 8.83. The van der Waals surface area contributed by atoms with Crippen LogP contribution < -0.4 is 0 Å². The van der Waals surface area contributed by atoms with E-state index in [0.29, 0.717) is 12.8 Å². The van der Waals surface area contributed by atoms with E-state index < -0.39 is 49.6 Å².